The summed E-state index contributed by atoms with van der Waals surface area (Å²) in [4.78, 5) is 3.92. The summed E-state index contributed by atoms with van der Waals surface area (Å²) in [5.74, 6) is 1.77. The number of benzene rings is 1. The molecule has 0 atom stereocenters. The predicted octanol–water partition coefficient (Wildman–Crippen LogP) is 2.54. The lowest BCUT2D eigenvalue weighted by Gasteiger charge is -2.12. The molecule has 0 spiro atoms. The number of hydrogen-bond donors (Lipinski definition) is 1. The molecule has 2 aromatic rings. The summed E-state index contributed by atoms with van der Waals surface area (Å²) >= 11 is 6.02. The second kappa shape index (κ2) is 5.56. The van der Waals surface area contributed by atoms with E-state index < -0.39 is 0 Å². The molecular formula is C14H12ClNO4. The number of rotatable bonds is 4. The molecule has 2 heterocycles. The lowest BCUT2D eigenvalue weighted by atomic mass is 10.2. The average molecular weight is 294 g/mol. The first-order valence-electron chi connectivity index (χ1n) is 6.02. The van der Waals surface area contributed by atoms with Gasteiger partial charge in [-0.3, -0.25) is 4.98 Å². The van der Waals surface area contributed by atoms with E-state index in [4.69, 9.17) is 25.8 Å². The molecule has 0 fully saturated rings. The zero-order valence-electron chi connectivity index (χ0n) is 10.5. The molecule has 0 amide bonds. The number of pyridine rings is 1. The fourth-order valence-electron chi connectivity index (χ4n) is 1.90. The van der Waals surface area contributed by atoms with Gasteiger partial charge in [-0.15, -0.1) is 0 Å². The second-order valence-corrected chi connectivity index (χ2v) is 4.63. The first kappa shape index (κ1) is 13.0. The topological polar surface area (TPSA) is 60.8 Å². The van der Waals surface area contributed by atoms with Crippen molar-refractivity contribution in [3.05, 3.63) is 46.7 Å². The minimum atomic E-state index is -0.143. The van der Waals surface area contributed by atoms with Gasteiger partial charge in [-0.25, -0.2) is 0 Å². The molecule has 1 aromatic heterocycles. The standard InChI is InChI=1S/C14H12ClNO4/c15-11-5-16-2-1-9(11)7-18-12-4-14-13(19-8-20-14)3-10(12)6-17/h1-5,17H,6-8H2. The van der Waals surface area contributed by atoms with Gasteiger partial charge in [0, 0.05) is 29.6 Å². The van der Waals surface area contributed by atoms with Gasteiger partial charge in [0.15, 0.2) is 11.5 Å². The number of aliphatic hydroxyl groups excluding tert-OH is 1. The van der Waals surface area contributed by atoms with E-state index in [2.05, 4.69) is 4.98 Å². The van der Waals surface area contributed by atoms with Gasteiger partial charge in [-0.05, 0) is 12.1 Å². The largest absolute Gasteiger partial charge is 0.488 e. The van der Waals surface area contributed by atoms with Crippen molar-refractivity contribution in [1.29, 1.82) is 0 Å². The highest BCUT2D eigenvalue weighted by Crippen LogP contribution is 2.38. The lowest BCUT2D eigenvalue weighted by molar-refractivity contribution is 0.173. The summed E-state index contributed by atoms with van der Waals surface area (Å²) < 4.78 is 16.3. The Kier molecular flexibility index (Phi) is 3.62. The molecular weight excluding hydrogens is 282 g/mol. The van der Waals surface area contributed by atoms with Crippen LogP contribution in [0.3, 0.4) is 0 Å². The Morgan fingerprint density at radius 3 is 2.80 bits per heavy atom. The molecule has 0 aliphatic carbocycles. The molecule has 0 saturated carbocycles. The van der Waals surface area contributed by atoms with Crippen molar-refractivity contribution in [1.82, 2.24) is 4.98 Å². The van der Waals surface area contributed by atoms with E-state index in [0.29, 0.717) is 27.8 Å². The molecule has 6 heteroatoms. The second-order valence-electron chi connectivity index (χ2n) is 4.23. The fourth-order valence-corrected chi connectivity index (χ4v) is 2.07. The summed E-state index contributed by atoms with van der Waals surface area (Å²) in [6.45, 7) is 0.323. The number of halogens is 1. The molecule has 1 aromatic carbocycles. The third kappa shape index (κ3) is 2.50. The van der Waals surface area contributed by atoms with Crippen molar-refractivity contribution in [2.24, 2.45) is 0 Å². The van der Waals surface area contributed by atoms with Crippen molar-refractivity contribution in [3.8, 4) is 17.2 Å². The molecule has 1 N–H and O–H groups in total. The Hall–Kier alpha value is -1.98. The highest BCUT2D eigenvalue weighted by molar-refractivity contribution is 6.31. The first-order valence-corrected chi connectivity index (χ1v) is 6.40. The summed E-state index contributed by atoms with van der Waals surface area (Å²) in [6.07, 6.45) is 3.21. The van der Waals surface area contributed by atoms with E-state index in [1.807, 2.05) is 0 Å². The zero-order chi connectivity index (χ0) is 13.9. The molecule has 0 radical (unpaired) electrons. The normalized spacial score (nSPS) is 12.5. The molecule has 0 unspecified atom stereocenters. The van der Waals surface area contributed by atoms with E-state index in [1.54, 1.807) is 30.6 Å². The van der Waals surface area contributed by atoms with Crippen molar-refractivity contribution < 1.29 is 19.3 Å². The van der Waals surface area contributed by atoms with E-state index in [0.717, 1.165) is 5.56 Å². The quantitative estimate of drug-likeness (QED) is 0.938. The van der Waals surface area contributed by atoms with Gasteiger partial charge in [0.1, 0.15) is 12.4 Å². The Balaban J connectivity index is 1.82. The molecule has 1 aliphatic heterocycles. The molecule has 1 aliphatic rings. The summed E-state index contributed by atoms with van der Waals surface area (Å²) in [6, 6.07) is 5.21. The number of hydrogen-bond acceptors (Lipinski definition) is 5. The van der Waals surface area contributed by atoms with Crippen LogP contribution in [0.15, 0.2) is 30.6 Å². The third-order valence-electron chi connectivity index (χ3n) is 2.97. The molecule has 20 heavy (non-hydrogen) atoms. The Bertz CT molecular complexity index is 633. The molecule has 0 bridgehead atoms. The van der Waals surface area contributed by atoms with Crippen LogP contribution < -0.4 is 14.2 Å². The van der Waals surface area contributed by atoms with Crippen LogP contribution in [-0.2, 0) is 13.2 Å². The van der Waals surface area contributed by atoms with Gasteiger partial charge < -0.3 is 19.3 Å². The summed E-state index contributed by atoms with van der Waals surface area (Å²) in [7, 11) is 0. The Morgan fingerprint density at radius 2 is 2.05 bits per heavy atom. The maximum absolute atomic E-state index is 9.39. The van der Waals surface area contributed by atoms with E-state index in [-0.39, 0.29) is 20.0 Å². The van der Waals surface area contributed by atoms with Crippen molar-refractivity contribution in [2.75, 3.05) is 6.79 Å². The van der Waals surface area contributed by atoms with Crippen LogP contribution in [0.4, 0.5) is 0 Å². The van der Waals surface area contributed by atoms with Crippen molar-refractivity contribution in [2.45, 2.75) is 13.2 Å². The number of aliphatic hydroxyl groups is 1. The molecule has 104 valence electrons. The smallest absolute Gasteiger partial charge is 0.231 e. The van der Waals surface area contributed by atoms with Gasteiger partial charge in [-0.1, -0.05) is 11.6 Å². The minimum absolute atomic E-state index is 0.143. The van der Waals surface area contributed by atoms with Crippen LogP contribution in [0.2, 0.25) is 5.02 Å². The van der Waals surface area contributed by atoms with Crippen molar-refractivity contribution in [3.63, 3.8) is 0 Å². The van der Waals surface area contributed by atoms with Crippen LogP contribution in [0, 0.1) is 0 Å². The Morgan fingerprint density at radius 1 is 1.25 bits per heavy atom. The van der Waals surface area contributed by atoms with E-state index >= 15 is 0 Å². The Labute approximate surface area is 120 Å². The average Bonchev–Trinajstić information content (AvgIpc) is 2.92. The van der Waals surface area contributed by atoms with Gasteiger partial charge in [0.2, 0.25) is 6.79 Å². The van der Waals surface area contributed by atoms with Crippen LogP contribution in [0.5, 0.6) is 17.2 Å². The SMILES string of the molecule is OCc1cc2c(cc1OCc1ccncc1Cl)OCO2. The molecule has 3 rings (SSSR count). The maximum atomic E-state index is 9.39. The number of fused-ring (bicyclic) bond motifs is 1. The van der Waals surface area contributed by atoms with Gasteiger partial charge >= 0.3 is 0 Å². The highest BCUT2D eigenvalue weighted by atomic mass is 35.5. The molecule has 5 nitrogen and oxygen atoms in total. The van der Waals surface area contributed by atoms with Crippen molar-refractivity contribution >= 4 is 11.6 Å². The number of nitrogens with zero attached hydrogens (tertiary/aromatic N) is 1. The van der Waals surface area contributed by atoms with Crippen LogP contribution >= 0.6 is 11.6 Å². The molecule has 0 saturated heterocycles. The summed E-state index contributed by atoms with van der Waals surface area (Å²) in [5, 5.41) is 9.93. The summed E-state index contributed by atoms with van der Waals surface area (Å²) in [5.41, 5.74) is 1.46. The first-order chi connectivity index (χ1) is 9.78. The number of aromatic nitrogens is 1. The minimum Gasteiger partial charge on any atom is -0.488 e. The van der Waals surface area contributed by atoms with Crippen LogP contribution in [0.25, 0.3) is 0 Å². The zero-order valence-corrected chi connectivity index (χ0v) is 11.3. The number of ether oxygens (including phenoxy) is 3. The third-order valence-corrected chi connectivity index (χ3v) is 3.31. The van der Waals surface area contributed by atoms with E-state index in [9.17, 15) is 5.11 Å². The van der Waals surface area contributed by atoms with Gasteiger partial charge in [0.05, 0.1) is 11.6 Å². The van der Waals surface area contributed by atoms with Gasteiger partial charge in [-0.2, -0.15) is 0 Å². The lowest BCUT2D eigenvalue weighted by Crippen LogP contribution is -2.00. The monoisotopic (exact) mass is 293 g/mol. The van der Waals surface area contributed by atoms with E-state index in [1.165, 1.54) is 0 Å². The van der Waals surface area contributed by atoms with Crippen LogP contribution in [0.1, 0.15) is 11.1 Å². The van der Waals surface area contributed by atoms with Crippen LogP contribution in [-0.4, -0.2) is 16.9 Å². The maximum Gasteiger partial charge on any atom is 0.231 e. The predicted molar refractivity (Wildman–Crippen MR) is 72.1 cm³/mol. The fraction of sp³-hybridized carbons (Fsp3) is 0.214. The van der Waals surface area contributed by atoms with Gasteiger partial charge in [0.25, 0.3) is 0 Å². The highest BCUT2D eigenvalue weighted by Gasteiger charge is 2.18.